The van der Waals surface area contributed by atoms with Gasteiger partial charge in [-0.05, 0) is 124 Å². The molecule has 0 aliphatic carbocycles. The van der Waals surface area contributed by atoms with Gasteiger partial charge in [-0.1, -0.05) is 47.5 Å². The molecule has 0 aliphatic heterocycles. The van der Waals surface area contributed by atoms with Crippen molar-refractivity contribution in [1.29, 1.82) is 0 Å². The molecule has 340 valence electrons. The van der Waals surface area contributed by atoms with E-state index in [2.05, 4.69) is 44.2 Å². The number of benzene rings is 5. The molecule has 0 atom stereocenters. The largest absolute Gasteiger partial charge is 0.744 e. The Bertz CT molecular complexity index is 2860. The second-order valence-corrected chi connectivity index (χ2v) is 17.4. The molecule has 0 aliphatic rings. The summed E-state index contributed by atoms with van der Waals surface area (Å²) in [6, 6.07) is 41.8. The number of hydrogen-bond donors (Lipinski definition) is 4. The Balaban J connectivity index is 0.000000301. The van der Waals surface area contributed by atoms with Crippen molar-refractivity contribution in [3.63, 3.8) is 0 Å². The van der Waals surface area contributed by atoms with Gasteiger partial charge in [0.25, 0.3) is 5.91 Å². The lowest BCUT2D eigenvalue weighted by atomic mass is 10.1. The number of nitrogens with one attached hydrogen (secondary N) is 4. The van der Waals surface area contributed by atoms with Crippen molar-refractivity contribution in [3.8, 4) is 0 Å². The summed E-state index contributed by atoms with van der Waals surface area (Å²) in [5.74, 6) is -0.449. The first kappa shape index (κ1) is 49.5. The van der Waals surface area contributed by atoms with Crippen LogP contribution in [0.25, 0.3) is 6.08 Å². The maximum absolute atomic E-state index is 12.8. The molecule has 0 radical (unpaired) electrons. The van der Waals surface area contributed by atoms with Gasteiger partial charge < -0.3 is 30.4 Å². The van der Waals surface area contributed by atoms with Crippen molar-refractivity contribution in [2.75, 3.05) is 21.3 Å². The number of anilines is 6. The normalized spacial score (nSPS) is 11.0. The van der Waals surface area contributed by atoms with Crippen LogP contribution in [0.1, 0.15) is 40.9 Å². The van der Waals surface area contributed by atoms with Crippen molar-refractivity contribution in [2.45, 2.75) is 50.6 Å². The zero-order chi connectivity index (χ0) is 47.7. The van der Waals surface area contributed by atoms with Crippen LogP contribution in [0.15, 0.2) is 186 Å². The SMILES string of the molecule is CC[n+]1ccc(Nc2ccc(NC(=O)/C=C/c3ccc(C(=O)Nc4ccc(Nc5cc[n+](CC)cc5)cc4)cc3)cc2)cc1.Cc1ccc(S(=O)(=O)[O-])cc1.Cc1ccc(S(=O)(=O)[O-])cc1. The minimum Gasteiger partial charge on any atom is -0.744 e. The van der Waals surface area contributed by atoms with E-state index >= 15 is 0 Å². The lowest BCUT2D eigenvalue weighted by Crippen LogP contribution is -2.30. The fourth-order valence-corrected chi connectivity index (χ4v) is 6.76. The van der Waals surface area contributed by atoms with Crippen LogP contribution < -0.4 is 30.4 Å². The van der Waals surface area contributed by atoms with Gasteiger partial charge in [-0.3, -0.25) is 9.59 Å². The highest BCUT2D eigenvalue weighted by molar-refractivity contribution is 7.86. The number of aryl methyl sites for hydroxylation is 4. The smallest absolute Gasteiger partial charge is 0.255 e. The van der Waals surface area contributed by atoms with Gasteiger partial charge in [-0.25, -0.2) is 26.0 Å². The Kier molecular flexibility index (Phi) is 17.6. The molecular formula is C50H50N6O8S2. The van der Waals surface area contributed by atoms with Gasteiger partial charge in [0, 0.05) is 58.7 Å². The maximum Gasteiger partial charge on any atom is 0.255 e. The van der Waals surface area contributed by atoms with Crippen molar-refractivity contribution in [3.05, 3.63) is 199 Å². The van der Waals surface area contributed by atoms with Gasteiger partial charge in [0.2, 0.25) is 5.91 Å². The molecule has 4 N–H and O–H groups in total. The standard InChI is InChI=1S/C36H34N6O2.2C7H8O3S/c1-3-41-23-19-33(20-24-41)37-29-10-14-31(15-11-29)39-35(43)18-7-27-5-8-28(9-6-27)36(44)40-32-16-12-30(13-17-32)38-34-21-25-42(4-2)26-22-34;2*1-6-2-4-7(5-3-6)11(8,9)10/h5-26H,3-4H2,1-2H3,(H2,39,40,43,44);2*2-5H,1H3,(H,8,9,10)/b18-7+;;. The molecule has 0 bridgehead atoms. The third-order valence-corrected chi connectivity index (χ3v) is 11.3. The van der Waals surface area contributed by atoms with Crippen LogP contribution >= 0.6 is 0 Å². The van der Waals surface area contributed by atoms with Crippen molar-refractivity contribution in [2.24, 2.45) is 0 Å². The molecule has 7 rings (SSSR count). The number of aromatic nitrogens is 2. The van der Waals surface area contributed by atoms with Gasteiger partial charge in [0.1, 0.15) is 33.3 Å². The minimum absolute atomic E-state index is 0.178. The van der Waals surface area contributed by atoms with E-state index in [4.69, 9.17) is 0 Å². The first-order valence-corrected chi connectivity index (χ1v) is 23.5. The Morgan fingerprint density at radius 1 is 0.485 bits per heavy atom. The Morgan fingerprint density at radius 3 is 1.20 bits per heavy atom. The first-order valence-electron chi connectivity index (χ1n) is 20.7. The van der Waals surface area contributed by atoms with Crippen LogP contribution in [0, 0.1) is 13.8 Å². The summed E-state index contributed by atoms with van der Waals surface area (Å²) in [5.41, 5.74) is 8.43. The first-order chi connectivity index (χ1) is 31.5. The van der Waals surface area contributed by atoms with E-state index in [0.29, 0.717) is 16.9 Å². The number of rotatable bonds is 13. The minimum atomic E-state index is -4.27. The Morgan fingerprint density at radius 2 is 0.833 bits per heavy atom. The third-order valence-electron chi connectivity index (χ3n) is 9.60. The Labute approximate surface area is 385 Å². The molecule has 0 saturated heterocycles. The lowest BCUT2D eigenvalue weighted by Gasteiger charge is -2.09. The monoisotopic (exact) mass is 926 g/mol. The lowest BCUT2D eigenvalue weighted by molar-refractivity contribution is -0.693. The quantitative estimate of drug-likeness (QED) is 0.0493. The molecule has 2 aromatic heterocycles. The summed E-state index contributed by atoms with van der Waals surface area (Å²) < 4.78 is 66.5. The van der Waals surface area contributed by atoms with E-state index in [1.807, 2.05) is 111 Å². The van der Waals surface area contributed by atoms with Crippen LogP contribution in [0.4, 0.5) is 34.1 Å². The molecule has 0 saturated carbocycles. The topological polar surface area (TPSA) is 204 Å². The molecular weight excluding hydrogens is 877 g/mol. The van der Waals surface area contributed by atoms with Crippen LogP contribution in [0.3, 0.4) is 0 Å². The summed E-state index contributed by atoms with van der Waals surface area (Å²) in [4.78, 5) is 24.9. The zero-order valence-electron chi connectivity index (χ0n) is 36.7. The molecule has 7 aromatic rings. The number of carbonyl (C=O) groups is 2. The van der Waals surface area contributed by atoms with Crippen LogP contribution in [-0.2, 0) is 38.1 Å². The fraction of sp³-hybridized carbons (Fsp3) is 0.120. The van der Waals surface area contributed by atoms with Crippen molar-refractivity contribution < 1.29 is 44.7 Å². The van der Waals surface area contributed by atoms with E-state index in [9.17, 15) is 35.5 Å². The van der Waals surface area contributed by atoms with E-state index in [-0.39, 0.29) is 21.6 Å². The van der Waals surface area contributed by atoms with E-state index < -0.39 is 20.2 Å². The number of carbonyl (C=O) groups excluding carboxylic acids is 2. The predicted molar refractivity (Wildman–Crippen MR) is 254 cm³/mol. The summed E-state index contributed by atoms with van der Waals surface area (Å²) in [6.07, 6.45) is 11.3. The number of amides is 2. The van der Waals surface area contributed by atoms with Gasteiger partial charge >= 0.3 is 0 Å². The average molecular weight is 927 g/mol. The van der Waals surface area contributed by atoms with Gasteiger partial charge in [-0.2, -0.15) is 0 Å². The molecule has 0 fully saturated rings. The Hall–Kier alpha value is -7.50. The van der Waals surface area contributed by atoms with Gasteiger partial charge in [-0.15, -0.1) is 0 Å². The van der Waals surface area contributed by atoms with Crippen molar-refractivity contribution >= 4 is 72.3 Å². The highest BCUT2D eigenvalue weighted by atomic mass is 32.2. The highest BCUT2D eigenvalue weighted by Crippen LogP contribution is 2.21. The van der Waals surface area contributed by atoms with Crippen LogP contribution in [0.2, 0.25) is 0 Å². The highest BCUT2D eigenvalue weighted by Gasteiger charge is 2.08. The molecule has 0 unspecified atom stereocenters. The maximum atomic E-state index is 12.8. The van der Waals surface area contributed by atoms with Gasteiger partial charge in [0.05, 0.1) is 21.2 Å². The average Bonchev–Trinajstić information content (AvgIpc) is 3.30. The van der Waals surface area contributed by atoms with Gasteiger partial charge in [0.15, 0.2) is 24.8 Å². The van der Waals surface area contributed by atoms with E-state index in [0.717, 1.165) is 52.5 Å². The molecule has 2 heterocycles. The van der Waals surface area contributed by atoms with E-state index in [1.54, 1.807) is 54.6 Å². The predicted octanol–water partition coefficient (Wildman–Crippen LogP) is 8.49. The summed E-state index contributed by atoms with van der Waals surface area (Å²) in [5, 5.41) is 12.5. The zero-order valence-corrected chi connectivity index (χ0v) is 38.3. The second kappa shape index (κ2) is 23.4. The number of hydrogen-bond acceptors (Lipinski definition) is 10. The van der Waals surface area contributed by atoms with Crippen LogP contribution in [0.5, 0.6) is 0 Å². The molecule has 16 heteroatoms. The molecule has 2 amide bonds. The molecule has 5 aromatic carbocycles. The number of pyridine rings is 2. The van der Waals surface area contributed by atoms with Crippen LogP contribution in [-0.4, -0.2) is 37.8 Å². The molecule has 0 spiro atoms. The molecule has 66 heavy (non-hydrogen) atoms. The third kappa shape index (κ3) is 16.2. The molecule has 14 nitrogen and oxygen atoms in total. The van der Waals surface area contributed by atoms with Crippen molar-refractivity contribution in [1.82, 2.24) is 0 Å². The van der Waals surface area contributed by atoms with E-state index in [1.165, 1.54) is 30.3 Å². The summed E-state index contributed by atoms with van der Waals surface area (Å²) >= 11 is 0. The second-order valence-electron chi connectivity index (χ2n) is 14.7. The summed E-state index contributed by atoms with van der Waals surface area (Å²) in [6.45, 7) is 9.69. The summed E-state index contributed by atoms with van der Waals surface area (Å²) in [7, 11) is -8.54. The number of nitrogens with zero attached hydrogens (tertiary/aromatic N) is 2. The fourth-order valence-electron chi connectivity index (χ4n) is 5.82.